The number of hydrogen-bond acceptors (Lipinski definition) is 4. The van der Waals surface area contributed by atoms with E-state index in [4.69, 9.17) is 0 Å². The molecular weight excluding hydrogens is 258 g/mol. The molecular formula is C14H19N3OS. The molecule has 4 nitrogen and oxygen atoms in total. The lowest BCUT2D eigenvalue weighted by molar-refractivity contribution is 0.147. The van der Waals surface area contributed by atoms with Crippen LogP contribution >= 0.6 is 11.8 Å². The fraction of sp³-hybridized carbons (Fsp3) is 0.357. The predicted molar refractivity (Wildman–Crippen MR) is 78.3 cm³/mol. The second-order valence-corrected chi connectivity index (χ2v) is 5.42. The minimum absolute atomic E-state index is 0.401. The summed E-state index contributed by atoms with van der Waals surface area (Å²) < 4.78 is 1.74. The molecule has 2 N–H and O–H groups in total. The predicted octanol–water partition coefficient (Wildman–Crippen LogP) is 1.63. The van der Waals surface area contributed by atoms with Crippen molar-refractivity contribution in [2.75, 3.05) is 18.8 Å². The number of rotatable bonds is 8. The van der Waals surface area contributed by atoms with Gasteiger partial charge in [0.15, 0.2) is 0 Å². The van der Waals surface area contributed by atoms with E-state index in [2.05, 4.69) is 22.5 Å². The van der Waals surface area contributed by atoms with Gasteiger partial charge in [0.25, 0.3) is 0 Å². The molecule has 0 saturated carbocycles. The molecule has 1 aromatic carbocycles. The van der Waals surface area contributed by atoms with Crippen LogP contribution in [0.1, 0.15) is 0 Å². The maximum atomic E-state index is 9.81. The maximum absolute atomic E-state index is 9.81. The first-order valence-corrected chi connectivity index (χ1v) is 7.37. The zero-order chi connectivity index (χ0) is 13.3. The van der Waals surface area contributed by atoms with Crippen molar-refractivity contribution in [1.29, 1.82) is 0 Å². The van der Waals surface area contributed by atoms with Gasteiger partial charge in [-0.15, -0.1) is 11.8 Å². The molecule has 0 fully saturated rings. The molecule has 0 aliphatic heterocycles. The van der Waals surface area contributed by atoms with Gasteiger partial charge in [0.05, 0.1) is 12.6 Å². The van der Waals surface area contributed by atoms with E-state index in [0.717, 1.165) is 12.3 Å². The van der Waals surface area contributed by atoms with E-state index in [1.165, 1.54) is 4.90 Å². The lowest BCUT2D eigenvalue weighted by Gasteiger charge is -2.11. The molecule has 1 unspecified atom stereocenters. The van der Waals surface area contributed by atoms with Crippen molar-refractivity contribution in [2.45, 2.75) is 17.5 Å². The summed E-state index contributed by atoms with van der Waals surface area (Å²) in [6, 6.07) is 12.2. The SMILES string of the molecule is OC(CNCCSc1ccccc1)Cn1cccn1. The summed E-state index contributed by atoms with van der Waals surface area (Å²) in [5, 5.41) is 17.1. The highest BCUT2D eigenvalue weighted by Crippen LogP contribution is 2.15. The Morgan fingerprint density at radius 2 is 2.11 bits per heavy atom. The largest absolute Gasteiger partial charge is 0.390 e. The first-order chi connectivity index (χ1) is 9.34. The molecule has 1 aromatic heterocycles. The van der Waals surface area contributed by atoms with E-state index < -0.39 is 6.10 Å². The Bertz CT molecular complexity index is 447. The fourth-order valence-electron chi connectivity index (χ4n) is 1.72. The maximum Gasteiger partial charge on any atom is 0.0860 e. The lowest BCUT2D eigenvalue weighted by Crippen LogP contribution is -2.31. The third kappa shape index (κ3) is 5.46. The van der Waals surface area contributed by atoms with Crippen molar-refractivity contribution in [3.05, 3.63) is 48.8 Å². The van der Waals surface area contributed by atoms with Crippen LogP contribution in [-0.2, 0) is 6.54 Å². The monoisotopic (exact) mass is 277 g/mol. The zero-order valence-corrected chi connectivity index (χ0v) is 11.6. The molecule has 2 aromatic rings. The third-order valence-corrected chi connectivity index (χ3v) is 3.64. The van der Waals surface area contributed by atoms with E-state index in [1.807, 2.05) is 42.2 Å². The van der Waals surface area contributed by atoms with Crippen LogP contribution in [-0.4, -0.2) is 39.8 Å². The normalized spacial score (nSPS) is 12.5. The first-order valence-electron chi connectivity index (χ1n) is 6.38. The first kappa shape index (κ1) is 14.1. The van der Waals surface area contributed by atoms with Gasteiger partial charge in [0.2, 0.25) is 0 Å². The van der Waals surface area contributed by atoms with Gasteiger partial charge in [0.1, 0.15) is 0 Å². The Hall–Kier alpha value is -1.30. The van der Waals surface area contributed by atoms with Crippen LogP contribution in [0.3, 0.4) is 0 Å². The molecule has 0 spiro atoms. The van der Waals surface area contributed by atoms with Gasteiger partial charge in [-0.1, -0.05) is 18.2 Å². The number of aliphatic hydroxyl groups is 1. The topological polar surface area (TPSA) is 50.1 Å². The quantitative estimate of drug-likeness (QED) is 0.569. The minimum atomic E-state index is -0.401. The molecule has 5 heteroatoms. The molecule has 1 heterocycles. The Morgan fingerprint density at radius 1 is 1.26 bits per heavy atom. The average molecular weight is 277 g/mol. The summed E-state index contributed by atoms with van der Waals surface area (Å²) >= 11 is 1.82. The van der Waals surface area contributed by atoms with E-state index in [1.54, 1.807) is 10.9 Å². The molecule has 0 radical (unpaired) electrons. The van der Waals surface area contributed by atoms with E-state index >= 15 is 0 Å². The number of thioether (sulfide) groups is 1. The molecule has 2 rings (SSSR count). The summed E-state index contributed by atoms with van der Waals surface area (Å²) in [6.45, 7) is 2.01. The van der Waals surface area contributed by atoms with Crippen LogP contribution in [0, 0.1) is 0 Å². The molecule has 0 bridgehead atoms. The standard InChI is InChI=1S/C14H19N3OS/c18-13(12-17-9-4-7-16-17)11-15-8-10-19-14-5-2-1-3-6-14/h1-7,9,13,15,18H,8,10-12H2. The van der Waals surface area contributed by atoms with Crippen molar-refractivity contribution in [2.24, 2.45) is 0 Å². The summed E-state index contributed by atoms with van der Waals surface area (Å²) in [5.41, 5.74) is 0. The van der Waals surface area contributed by atoms with Crippen LogP contribution in [0.5, 0.6) is 0 Å². The number of nitrogens with zero attached hydrogens (tertiary/aromatic N) is 2. The molecule has 19 heavy (non-hydrogen) atoms. The Labute approximate surface area is 117 Å². The Kier molecular flexibility index (Phi) is 5.94. The number of benzene rings is 1. The van der Waals surface area contributed by atoms with Crippen molar-refractivity contribution in [3.63, 3.8) is 0 Å². The highest BCUT2D eigenvalue weighted by atomic mass is 32.2. The van der Waals surface area contributed by atoms with E-state index in [-0.39, 0.29) is 0 Å². The van der Waals surface area contributed by atoms with Crippen molar-refractivity contribution in [3.8, 4) is 0 Å². The van der Waals surface area contributed by atoms with Crippen LogP contribution < -0.4 is 5.32 Å². The Morgan fingerprint density at radius 3 is 2.84 bits per heavy atom. The summed E-state index contributed by atoms with van der Waals surface area (Å²) in [5.74, 6) is 0.999. The Balaban J connectivity index is 1.54. The minimum Gasteiger partial charge on any atom is -0.390 e. The van der Waals surface area contributed by atoms with Gasteiger partial charge < -0.3 is 10.4 Å². The number of aromatic nitrogens is 2. The highest BCUT2D eigenvalue weighted by Gasteiger charge is 2.04. The van der Waals surface area contributed by atoms with E-state index in [0.29, 0.717) is 13.1 Å². The van der Waals surface area contributed by atoms with Crippen LogP contribution in [0.4, 0.5) is 0 Å². The zero-order valence-electron chi connectivity index (χ0n) is 10.8. The molecule has 102 valence electrons. The highest BCUT2D eigenvalue weighted by molar-refractivity contribution is 7.99. The fourth-order valence-corrected chi connectivity index (χ4v) is 2.55. The van der Waals surface area contributed by atoms with Gasteiger partial charge in [-0.2, -0.15) is 5.10 Å². The van der Waals surface area contributed by atoms with Gasteiger partial charge in [0, 0.05) is 36.1 Å². The lowest BCUT2D eigenvalue weighted by atomic mass is 10.3. The van der Waals surface area contributed by atoms with Crippen molar-refractivity contribution >= 4 is 11.8 Å². The number of nitrogens with one attached hydrogen (secondary N) is 1. The van der Waals surface area contributed by atoms with Crippen molar-refractivity contribution in [1.82, 2.24) is 15.1 Å². The molecule has 0 aliphatic rings. The molecule has 0 saturated heterocycles. The average Bonchev–Trinajstić information content (AvgIpc) is 2.92. The second kappa shape index (κ2) is 7.99. The van der Waals surface area contributed by atoms with Crippen molar-refractivity contribution < 1.29 is 5.11 Å². The van der Waals surface area contributed by atoms with Gasteiger partial charge in [-0.05, 0) is 18.2 Å². The van der Waals surface area contributed by atoms with Gasteiger partial charge in [-0.3, -0.25) is 4.68 Å². The number of hydrogen-bond donors (Lipinski definition) is 2. The second-order valence-electron chi connectivity index (χ2n) is 4.25. The summed E-state index contributed by atoms with van der Waals surface area (Å²) in [7, 11) is 0. The van der Waals surface area contributed by atoms with Crippen LogP contribution in [0.2, 0.25) is 0 Å². The summed E-state index contributed by atoms with van der Waals surface area (Å²) in [6.07, 6.45) is 3.17. The third-order valence-electron chi connectivity index (χ3n) is 2.63. The van der Waals surface area contributed by atoms with Crippen LogP contribution in [0.25, 0.3) is 0 Å². The smallest absolute Gasteiger partial charge is 0.0860 e. The van der Waals surface area contributed by atoms with Crippen LogP contribution in [0.15, 0.2) is 53.7 Å². The molecule has 0 amide bonds. The van der Waals surface area contributed by atoms with E-state index in [9.17, 15) is 5.11 Å². The number of aliphatic hydroxyl groups excluding tert-OH is 1. The van der Waals surface area contributed by atoms with Gasteiger partial charge >= 0.3 is 0 Å². The molecule has 0 aliphatic carbocycles. The van der Waals surface area contributed by atoms with Gasteiger partial charge in [-0.25, -0.2) is 0 Å². The summed E-state index contributed by atoms with van der Waals surface area (Å²) in [4.78, 5) is 1.28. The molecule has 1 atom stereocenters.